The number of hydrogen-bond donors (Lipinski definition) is 1. The van der Waals surface area contributed by atoms with E-state index in [0.717, 1.165) is 25.7 Å². The second-order valence-corrected chi connectivity index (χ2v) is 7.77. The smallest absolute Gasteiger partial charge is 0.284 e. The lowest BCUT2D eigenvalue weighted by atomic mass is 10.1. The summed E-state index contributed by atoms with van der Waals surface area (Å²) in [6.45, 7) is 0. The summed E-state index contributed by atoms with van der Waals surface area (Å²) in [5.41, 5.74) is 0.159. The molecule has 0 spiro atoms. The fourth-order valence-corrected chi connectivity index (χ4v) is 4.11. The predicted molar refractivity (Wildman–Crippen MR) is 103 cm³/mol. The monoisotopic (exact) mass is 388 g/mol. The van der Waals surface area contributed by atoms with Crippen LogP contribution in [0.5, 0.6) is 0 Å². The topological polar surface area (TPSA) is 72.2 Å². The highest BCUT2D eigenvalue weighted by Crippen LogP contribution is 2.35. The van der Waals surface area contributed by atoms with Crippen LogP contribution in [-0.4, -0.2) is 16.9 Å². The van der Waals surface area contributed by atoms with E-state index in [4.69, 9.17) is 0 Å². The Hall–Kier alpha value is -2.41. The summed E-state index contributed by atoms with van der Waals surface area (Å²) in [5, 5.41) is 14.5. The molecule has 2 aromatic rings. The number of halogens is 1. The van der Waals surface area contributed by atoms with Crippen molar-refractivity contribution in [2.45, 2.75) is 54.4 Å². The average Bonchev–Trinajstić information content (AvgIpc) is 2.92. The van der Waals surface area contributed by atoms with Crippen LogP contribution < -0.4 is 5.32 Å². The Morgan fingerprint density at radius 3 is 2.37 bits per heavy atom. The van der Waals surface area contributed by atoms with E-state index in [-0.39, 0.29) is 29.0 Å². The third kappa shape index (κ3) is 5.29. The Morgan fingerprint density at radius 2 is 1.74 bits per heavy atom. The Balaban J connectivity index is 1.77. The van der Waals surface area contributed by atoms with Crippen molar-refractivity contribution in [3.05, 3.63) is 64.0 Å². The van der Waals surface area contributed by atoms with Crippen molar-refractivity contribution < 1.29 is 14.1 Å². The normalized spacial score (nSPS) is 15.1. The Labute approximate surface area is 161 Å². The number of nitrogens with one attached hydrogen (secondary N) is 1. The van der Waals surface area contributed by atoms with E-state index in [1.165, 1.54) is 42.8 Å². The van der Waals surface area contributed by atoms with Crippen LogP contribution in [0.1, 0.15) is 48.9 Å². The molecule has 0 unspecified atom stereocenters. The van der Waals surface area contributed by atoms with Crippen LogP contribution in [0.15, 0.2) is 52.3 Å². The van der Waals surface area contributed by atoms with Crippen LogP contribution in [0.25, 0.3) is 0 Å². The molecule has 3 rings (SSSR count). The number of carbonyl (C=O) groups is 1. The van der Waals surface area contributed by atoms with E-state index in [1.807, 2.05) is 0 Å². The second-order valence-electron chi connectivity index (χ2n) is 6.66. The lowest BCUT2D eigenvalue weighted by Crippen LogP contribution is -2.34. The maximum Gasteiger partial charge on any atom is 0.284 e. The molecule has 0 aliphatic heterocycles. The number of benzene rings is 2. The highest BCUT2D eigenvalue weighted by Gasteiger charge is 2.21. The number of carbonyl (C=O) groups excluding carboxylic acids is 1. The van der Waals surface area contributed by atoms with Gasteiger partial charge in [0.1, 0.15) is 5.82 Å². The van der Waals surface area contributed by atoms with E-state index >= 15 is 0 Å². The highest BCUT2D eigenvalue weighted by atomic mass is 32.2. The predicted octanol–water partition coefficient (Wildman–Crippen LogP) is 5.34. The van der Waals surface area contributed by atoms with Crippen LogP contribution in [0.3, 0.4) is 0 Å². The van der Waals surface area contributed by atoms with Crippen molar-refractivity contribution in [2.75, 3.05) is 0 Å². The number of hydrogen-bond acceptors (Lipinski definition) is 4. The van der Waals surface area contributed by atoms with Crippen molar-refractivity contribution in [1.82, 2.24) is 5.32 Å². The van der Waals surface area contributed by atoms with Gasteiger partial charge in [0.15, 0.2) is 0 Å². The summed E-state index contributed by atoms with van der Waals surface area (Å²) >= 11 is 1.17. The van der Waals surface area contributed by atoms with Gasteiger partial charge < -0.3 is 5.32 Å². The molecule has 142 valence electrons. The van der Waals surface area contributed by atoms with Gasteiger partial charge in [-0.25, -0.2) is 4.39 Å². The summed E-state index contributed by atoms with van der Waals surface area (Å²) in [7, 11) is 0. The molecule has 1 fully saturated rings. The molecule has 0 saturated heterocycles. The first-order valence-corrected chi connectivity index (χ1v) is 9.87. The van der Waals surface area contributed by atoms with Gasteiger partial charge in [-0.05, 0) is 49.2 Å². The van der Waals surface area contributed by atoms with Crippen molar-refractivity contribution in [3.8, 4) is 0 Å². The first kappa shape index (κ1) is 19.4. The number of nitro groups is 1. The van der Waals surface area contributed by atoms with E-state index in [0.29, 0.717) is 9.79 Å². The van der Waals surface area contributed by atoms with Gasteiger partial charge >= 0.3 is 0 Å². The summed E-state index contributed by atoms with van der Waals surface area (Å²) < 4.78 is 13.0. The van der Waals surface area contributed by atoms with Gasteiger partial charge in [0.2, 0.25) is 0 Å². The molecule has 1 aliphatic carbocycles. The Bertz CT molecular complexity index is 818. The van der Waals surface area contributed by atoms with Crippen molar-refractivity contribution in [2.24, 2.45) is 0 Å². The quantitative estimate of drug-likeness (QED) is 0.426. The highest BCUT2D eigenvalue weighted by molar-refractivity contribution is 7.99. The number of amides is 1. The summed E-state index contributed by atoms with van der Waals surface area (Å²) in [6, 6.07) is 10.4. The van der Waals surface area contributed by atoms with Crippen LogP contribution >= 0.6 is 11.8 Å². The van der Waals surface area contributed by atoms with Crippen LogP contribution in [0, 0.1) is 15.9 Å². The van der Waals surface area contributed by atoms with Crippen molar-refractivity contribution in [3.63, 3.8) is 0 Å². The molecule has 27 heavy (non-hydrogen) atoms. The molecule has 0 radical (unpaired) electrons. The standard InChI is InChI=1S/C20H21FN2O3S/c21-15-8-10-17(11-9-15)27-19-12-7-14(13-18(19)23(25)26)20(24)22-16-5-3-1-2-4-6-16/h7-13,16H,1-6H2,(H,22,24). The molecule has 0 heterocycles. The molecular formula is C20H21FN2O3S. The van der Waals surface area contributed by atoms with Crippen molar-refractivity contribution in [1.29, 1.82) is 0 Å². The molecule has 2 aromatic carbocycles. The van der Waals surface area contributed by atoms with Gasteiger partial charge in [-0.3, -0.25) is 14.9 Å². The third-order valence-corrected chi connectivity index (χ3v) is 5.72. The number of nitrogens with zero attached hydrogens (tertiary/aromatic N) is 1. The van der Waals surface area contributed by atoms with Crippen LogP contribution in [0.2, 0.25) is 0 Å². The lowest BCUT2D eigenvalue weighted by Gasteiger charge is -2.16. The number of nitro benzene ring substituents is 1. The lowest BCUT2D eigenvalue weighted by molar-refractivity contribution is -0.387. The average molecular weight is 388 g/mol. The minimum absolute atomic E-state index is 0.127. The molecule has 1 saturated carbocycles. The maximum absolute atomic E-state index is 13.0. The molecule has 1 N–H and O–H groups in total. The minimum atomic E-state index is -0.492. The van der Waals surface area contributed by atoms with E-state index in [2.05, 4.69) is 5.32 Å². The van der Waals surface area contributed by atoms with Gasteiger partial charge in [-0.15, -0.1) is 0 Å². The molecule has 0 aromatic heterocycles. The third-order valence-electron chi connectivity index (χ3n) is 4.65. The molecule has 5 nitrogen and oxygen atoms in total. The largest absolute Gasteiger partial charge is 0.349 e. The van der Waals surface area contributed by atoms with Crippen LogP contribution in [0.4, 0.5) is 10.1 Å². The Morgan fingerprint density at radius 1 is 1.07 bits per heavy atom. The zero-order valence-electron chi connectivity index (χ0n) is 14.8. The fourth-order valence-electron chi connectivity index (χ4n) is 3.21. The first-order chi connectivity index (χ1) is 13.0. The summed E-state index contributed by atoms with van der Waals surface area (Å²) in [6.07, 6.45) is 6.47. The Kier molecular flexibility index (Phi) is 6.45. The van der Waals surface area contributed by atoms with Gasteiger partial charge in [-0.1, -0.05) is 37.4 Å². The SMILES string of the molecule is O=C(NC1CCCCCC1)c1ccc(Sc2ccc(F)cc2)c([N+](=O)[O-])c1. The molecular weight excluding hydrogens is 367 g/mol. The van der Waals surface area contributed by atoms with Gasteiger partial charge in [0, 0.05) is 22.6 Å². The molecule has 1 aliphatic rings. The van der Waals surface area contributed by atoms with Crippen LogP contribution in [-0.2, 0) is 0 Å². The zero-order valence-corrected chi connectivity index (χ0v) is 15.6. The minimum Gasteiger partial charge on any atom is -0.349 e. The maximum atomic E-state index is 13.0. The zero-order chi connectivity index (χ0) is 19.2. The van der Waals surface area contributed by atoms with Gasteiger partial charge in [0.05, 0.1) is 9.82 Å². The second kappa shape index (κ2) is 8.99. The molecule has 0 bridgehead atoms. The van der Waals surface area contributed by atoms with Crippen molar-refractivity contribution >= 4 is 23.4 Å². The molecule has 1 amide bonds. The summed E-state index contributed by atoms with van der Waals surface area (Å²) in [5.74, 6) is -0.636. The van der Waals surface area contributed by atoms with E-state index < -0.39 is 4.92 Å². The first-order valence-electron chi connectivity index (χ1n) is 9.05. The fraction of sp³-hybridized carbons (Fsp3) is 0.350. The molecule has 7 heteroatoms. The summed E-state index contributed by atoms with van der Waals surface area (Å²) in [4.78, 5) is 24.6. The van der Waals surface area contributed by atoms with Gasteiger partial charge in [-0.2, -0.15) is 0 Å². The van der Waals surface area contributed by atoms with E-state index in [9.17, 15) is 19.3 Å². The molecule has 0 atom stereocenters. The van der Waals surface area contributed by atoms with E-state index in [1.54, 1.807) is 24.3 Å². The number of rotatable bonds is 5. The van der Waals surface area contributed by atoms with Gasteiger partial charge in [0.25, 0.3) is 11.6 Å².